The first kappa shape index (κ1) is 17.3. The molecule has 0 spiro atoms. The Bertz CT molecular complexity index is 649. The van der Waals surface area contributed by atoms with Crippen LogP contribution in [0.15, 0.2) is 30.5 Å². The number of carbonyl (C=O) groups excluding carboxylic acids is 1. The molecule has 0 aliphatic rings. The third-order valence-corrected chi connectivity index (χ3v) is 3.76. The average molecular weight is 317 g/mol. The number of carbonyl (C=O) groups is 1. The number of amides is 2. The average Bonchev–Trinajstić information content (AvgIpc) is 2.86. The fourth-order valence-electron chi connectivity index (χ4n) is 2.69. The Labute approximate surface area is 137 Å². The number of rotatable bonds is 7. The highest BCUT2D eigenvalue weighted by Gasteiger charge is 2.08. The van der Waals surface area contributed by atoms with Crippen molar-refractivity contribution < 1.29 is 9.90 Å². The molecular formula is C18H27N3O2. The van der Waals surface area contributed by atoms with Crippen LogP contribution >= 0.6 is 0 Å². The number of hydrogen-bond acceptors (Lipinski definition) is 2. The van der Waals surface area contributed by atoms with Crippen LogP contribution < -0.4 is 10.6 Å². The second-order valence-corrected chi connectivity index (χ2v) is 6.50. The minimum absolute atomic E-state index is 0.0398. The van der Waals surface area contributed by atoms with Gasteiger partial charge in [-0.3, -0.25) is 0 Å². The summed E-state index contributed by atoms with van der Waals surface area (Å²) in [6.45, 7) is 7.47. The van der Waals surface area contributed by atoms with E-state index in [4.69, 9.17) is 5.11 Å². The maximum absolute atomic E-state index is 12.0. The molecule has 126 valence electrons. The molecule has 1 unspecified atom stereocenters. The van der Waals surface area contributed by atoms with Crippen molar-refractivity contribution in [1.82, 2.24) is 9.88 Å². The van der Waals surface area contributed by atoms with Crippen LogP contribution in [0.2, 0.25) is 0 Å². The van der Waals surface area contributed by atoms with Gasteiger partial charge in [0.15, 0.2) is 0 Å². The van der Waals surface area contributed by atoms with Crippen molar-refractivity contribution in [2.45, 2.75) is 46.2 Å². The van der Waals surface area contributed by atoms with Crippen LogP contribution in [-0.4, -0.2) is 28.4 Å². The van der Waals surface area contributed by atoms with E-state index in [1.165, 1.54) is 5.52 Å². The third-order valence-electron chi connectivity index (χ3n) is 3.76. The Morgan fingerprint density at radius 2 is 2.04 bits per heavy atom. The minimum atomic E-state index is -0.212. The Hall–Kier alpha value is -2.01. The molecule has 5 heteroatoms. The first-order valence-electron chi connectivity index (χ1n) is 8.27. The Morgan fingerprint density at radius 1 is 1.26 bits per heavy atom. The van der Waals surface area contributed by atoms with Gasteiger partial charge in [-0.05, 0) is 49.9 Å². The summed E-state index contributed by atoms with van der Waals surface area (Å²) >= 11 is 0. The molecule has 0 bridgehead atoms. The summed E-state index contributed by atoms with van der Waals surface area (Å²) in [5.41, 5.74) is 1.97. The van der Waals surface area contributed by atoms with Gasteiger partial charge in [-0.1, -0.05) is 13.8 Å². The zero-order chi connectivity index (χ0) is 16.8. The quantitative estimate of drug-likeness (QED) is 0.730. The molecule has 3 N–H and O–H groups in total. The lowest BCUT2D eigenvalue weighted by molar-refractivity contribution is 0.245. The number of aliphatic hydroxyl groups is 1. The van der Waals surface area contributed by atoms with Gasteiger partial charge in [0.2, 0.25) is 0 Å². The molecule has 1 heterocycles. The topological polar surface area (TPSA) is 66.3 Å². The largest absolute Gasteiger partial charge is 0.396 e. The first-order chi connectivity index (χ1) is 11.0. The number of fused-ring (bicyclic) bond motifs is 1. The predicted molar refractivity (Wildman–Crippen MR) is 94.7 cm³/mol. The van der Waals surface area contributed by atoms with E-state index in [2.05, 4.69) is 41.3 Å². The van der Waals surface area contributed by atoms with Gasteiger partial charge in [-0.25, -0.2) is 4.79 Å². The highest BCUT2D eigenvalue weighted by molar-refractivity contribution is 5.93. The highest BCUT2D eigenvalue weighted by Crippen LogP contribution is 2.21. The summed E-state index contributed by atoms with van der Waals surface area (Å²) in [5.74, 6) is 0.592. The number of hydrogen-bond donors (Lipinski definition) is 3. The Morgan fingerprint density at radius 3 is 2.74 bits per heavy atom. The van der Waals surface area contributed by atoms with Gasteiger partial charge < -0.3 is 20.3 Å². The molecule has 0 fully saturated rings. The summed E-state index contributed by atoms with van der Waals surface area (Å²) in [4.78, 5) is 12.0. The summed E-state index contributed by atoms with van der Waals surface area (Å²) in [6.07, 6.45) is 3.54. The number of nitrogens with one attached hydrogen (secondary N) is 2. The van der Waals surface area contributed by atoms with E-state index in [0.717, 1.165) is 24.0 Å². The van der Waals surface area contributed by atoms with E-state index in [1.54, 1.807) is 0 Å². The van der Waals surface area contributed by atoms with Gasteiger partial charge >= 0.3 is 6.03 Å². The molecule has 0 aliphatic heterocycles. The molecule has 0 aliphatic carbocycles. The van der Waals surface area contributed by atoms with E-state index in [1.807, 2.05) is 25.1 Å². The smallest absolute Gasteiger partial charge is 0.319 e. The third kappa shape index (κ3) is 4.99. The summed E-state index contributed by atoms with van der Waals surface area (Å²) in [7, 11) is 0. The second kappa shape index (κ2) is 8.02. The fourth-order valence-corrected chi connectivity index (χ4v) is 2.69. The maximum atomic E-state index is 12.0. The van der Waals surface area contributed by atoms with Gasteiger partial charge in [0, 0.05) is 42.0 Å². The number of anilines is 1. The van der Waals surface area contributed by atoms with Crippen LogP contribution in [0.5, 0.6) is 0 Å². The van der Waals surface area contributed by atoms with Gasteiger partial charge in [0.25, 0.3) is 0 Å². The van der Waals surface area contributed by atoms with Crippen molar-refractivity contribution in [3.63, 3.8) is 0 Å². The lowest BCUT2D eigenvalue weighted by Gasteiger charge is -2.14. The van der Waals surface area contributed by atoms with Crippen LogP contribution in [0, 0.1) is 5.92 Å². The minimum Gasteiger partial charge on any atom is -0.396 e. The molecule has 0 saturated heterocycles. The van der Waals surface area contributed by atoms with Crippen LogP contribution in [0.25, 0.3) is 10.9 Å². The monoisotopic (exact) mass is 317 g/mol. The molecule has 0 saturated carbocycles. The maximum Gasteiger partial charge on any atom is 0.319 e. The molecule has 2 amide bonds. The van der Waals surface area contributed by atoms with Crippen molar-refractivity contribution in [2.75, 3.05) is 11.9 Å². The standard InChI is InChI=1S/C18H27N3O2/c1-13(2)12-21-9-8-15-11-16(6-7-17(15)21)20-18(23)19-14(3)5-4-10-22/h6-9,11,13-14,22H,4-5,10,12H2,1-3H3,(H2,19,20,23). The predicted octanol–water partition coefficient (Wildman–Crippen LogP) is 3.58. The molecule has 2 aromatic rings. The molecule has 0 radical (unpaired) electrons. The van der Waals surface area contributed by atoms with E-state index in [-0.39, 0.29) is 18.7 Å². The van der Waals surface area contributed by atoms with Crippen molar-refractivity contribution in [3.8, 4) is 0 Å². The molecule has 2 rings (SSSR count). The first-order valence-corrected chi connectivity index (χ1v) is 8.27. The number of aromatic nitrogens is 1. The van der Waals surface area contributed by atoms with Crippen molar-refractivity contribution in [2.24, 2.45) is 5.92 Å². The molecule has 5 nitrogen and oxygen atoms in total. The normalized spacial score (nSPS) is 12.6. The van der Waals surface area contributed by atoms with E-state index in [9.17, 15) is 4.79 Å². The molecular weight excluding hydrogens is 290 g/mol. The fraction of sp³-hybridized carbons (Fsp3) is 0.500. The lowest BCUT2D eigenvalue weighted by atomic mass is 10.2. The van der Waals surface area contributed by atoms with Crippen LogP contribution in [0.3, 0.4) is 0 Å². The van der Waals surface area contributed by atoms with E-state index >= 15 is 0 Å². The zero-order valence-electron chi connectivity index (χ0n) is 14.2. The Balaban J connectivity index is 1.99. The van der Waals surface area contributed by atoms with Gasteiger partial charge in [-0.15, -0.1) is 0 Å². The summed E-state index contributed by atoms with van der Waals surface area (Å²) in [6, 6.07) is 7.86. The molecule has 1 aromatic carbocycles. The van der Waals surface area contributed by atoms with Crippen LogP contribution in [0.1, 0.15) is 33.6 Å². The van der Waals surface area contributed by atoms with E-state index < -0.39 is 0 Å². The summed E-state index contributed by atoms with van der Waals surface area (Å²) < 4.78 is 2.24. The van der Waals surface area contributed by atoms with Gasteiger partial charge in [0.05, 0.1) is 0 Å². The Kier molecular flexibility index (Phi) is 6.04. The number of aliphatic hydroxyl groups excluding tert-OH is 1. The molecule has 23 heavy (non-hydrogen) atoms. The van der Waals surface area contributed by atoms with Crippen molar-refractivity contribution in [3.05, 3.63) is 30.5 Å². The van der Waals surface area contributed by atoms with E-state index in [0.29, 0.717) is 12.3 Å². The van der Waals surface area contributed by atoms with Gasteiger partial charge in [0.1, 0.15) is 0 Å². The number of benzene rings is 1. The highest BCUT2D eigenvalue weighted by atomic mass is 16.3. The zero-order valence-corrected chi connectivity index (χ0v) is 14.2. The number of nitrogens with zero attached hydrogens (tertiary/aromatic N) is 1. The SMILES string of the molecule is CC(C)Cn1ccc2cc(NC(=O)NC(C)CCCO)ccc21. The second-order valence-electron chi connectivity index (χ2n) is 6.50. The number of urea groups is 1. The van der Waals surface area contributed by atoms with Crippen LogP contribution in [-0.2, 0) is 6.54 Å². The lowest BCUT2D eigenvalue weighted by Crippen LogP contribution is -2.36. The van der Waals surface area contributed by atoms with Crippen molar-refractivity contribution >= 4 is 22.6 Å². The van der Waals surface area contributed by atoms with Gasteiger partial charge in [-0.2, -0.15) is 0 Å². The molecule has 1 atom stereocenters. The molecule has 1 aromatic heterocycles. The van der Waals surface area contributed by atoms with Crippen molar-refractivity contribution in [1.29, 1.82) is 0 Å². The van der Waals surface area contributed by atoms with Crippen LogP contribution in [0.4, 0.5) is 10.5 Å². The summed E-state index contributed by atoms with van der Waals surface area (Å²) in [5, 5.41) is 15.7.